The topological polar surface area (TPSA) is 83.0 Å². The number of esters is 1. The van der Waals surface area contributed by atoms with Gasteiger partial charge >= 0.3 is 5.97 Å². The summed E-state index contributed by atoms with van der Waals surface area (Å²) in [5, 5.41) is 4.10. The van der Waals surface area contributed by atoms with Crippen LogP contribution in [-0.2, 0) is 11.3 Å². The van der Waals surface area contributed by atoms with Crippen molar-refractivity contribution in [2.24, 2.45) is 0 Å². The molecule has 0 radical (unpaired) electrons. The average Bonchev–Trinajstić information content (AvgIpc) is 2.88. The van der Waals surface area contributed by atoms with Crippen LogP contribution in [-0.4, -0.2) is 20.7 Å². The van der Waals surface area contributed by atoms with Crippen LogP contribution in [0.5, 0.6) is 0 Å². The van der Waals surface area contributed by atoms with E-state index in [4.69, 9.17) is 10.5 Å². The van der Waals surface area contributed by atoms with E-state index in [0.717, 1.165) is 4.47 Å². The van der Waals surface area contributed by atoms with E-state index in [0.29, 0.717) is 22.6 Å². The monoisotopic (exact) mass is 352 g/mol. The smallest absolute Gasteiger partial charge is 0.338 e. The van der Waals surface area contributed by atoms with Crippen LogP contribution in [0.1, 0.15) is 41.6 Å². The number of hydrogen-bond acceptors (Lipinski definition) is 5. The molecule has 0 spiro atoms. The van der Waals surface area contributed by atoms with Crippen LogP contribution in [0.25, 0.3) is 0 Å². The van der Waals surface area contributed by atoms with E-state index in [1.165, 1.54) is 6.33 Å². The predicted octanol–water partition coefficient (Wildman–Crippen LogP) is 2.87. The van der Waals surface area contributed by atoms with E-state index in [1.807, 2.05) is 13.8 Å². The van der Waals surface area contributed by atoms with Gasteiger partial charge < -0.3 is 10.5 Å². The molecule has 0 fully saturated rings. The third-order valence-corrected chi connectivity index (χ3v) is 3.56. The van der Waals surface area contributed by atoms with Gasteiger partial charge in [-0.15, -0.1) is 0 Å². The zero-order valence-electron chi connectivity index (χ0n) is 12.1. The molecule has 0 unspecified atom stereocenters. The minimum Gasteiger partial charge on any atom is -0.454 e. The number of anilines is 1. The molecule has 0 saturated heterocycles. The largest absolute Gasteiger partial charge is 0.454 e. The standard InChI is InChI=1S/C14H17BrN4O2/c1-8(2)19-13(17-7-18-19)6-21-14(20)11-4-10(15)5-12(16)9(11)3/h4-5,7-8H,6,16H2,1-3H3. The lowest BCUT2D eigenvalue weighted by molar-refractivity contribution is 0.0454. The first-order chi connectivity index (χ1) is 9.90. The molecule has 2 aromatic rings. The number of rotatable bonds is 4. The number of halogens is 1. The fourth-order valence-corrected chi connectivity index (χ4v) is 2.40. The number of aromatic nitrogens is 3. The Labute approximate surface area is 131 Å². The van der Waals surface area contributed by atoms with E-state index in [9.17, 15) is 4.79 Å². The van der Waals surface area contributed by atoms with Crippen molar-refractivity contribution in [1.29, 1.82) is 0 Å². The minimum absolute atomic E-state index is 0.0723. The number of hydrogen-bond donors (Lipinski definition) is 1. The number of benzene rings is 1. The van der Waals surface area contributed by atoms with Crippen molar-refractivity contribution >= 4 is 27.6 Å². The van der Waals surface area contributed by atoms with Crippen molar-refractivity contribution in [1.82, 2.24) is 14.8 Å². The minimum atomic E-state index is -0.432. The number of nitrogens with zero attached hydrogens (tertiary/aromatic N) is 3. The summed E-state index contributed by atoms with van der Waals surface area (Å²) in [4.78, 5) is 16.3. The second kappa shape index (κ2) is 6.26. The normalized spacial score (nSPS) is 10.9. The van der Waals surface area contributed by atoms with Crippen LogP contribution in [0.2, 0.25) is 0 Å². The van der Waals surface area contributed by atoms with Gasteiger partial charge in [0.1, 0.15) is 6.33 Å². The highest BCUT2D eigenvalue weighted by atomic mass is 79.9. The Morgan fingerprint density at radius 1 is 1.48 bits per heavy atom. The van der Waals surface area contributed by atoms with Gasteiger partial charge in [-0.25, -0.2) is 14.5 Å². The van der Waals surface area contributed by atoms with Gasteiger partial charge in [0.05, 0.1) is 5.56 Å². The summed E-state index contributed by atoms with van der Waals surface area (Å²) in [6.07, 6.45) is 1.45. The lowest BCUT2D eigenvalue weighted by Crippen LogP contribution is -2.13. The van der Waals surface area contributed by atoms with Crippen molar-refractivity contribution in [2.75, 3.05) is 5.73 Å². The molecule has 0 bridgehead atoms. The molecule has 2 N–H and O–H groups in total. The Kier molecular flexibility index (Phi) is 4.62. The lowest BCUT2D eigenvalue weighted by Gasteiger charge is -2.11. The van der Waals surface area contributed by atoms with Gasteiger partial charge in [-0.2, -0.15) is 5.10 Å². The fourth-order valence-electron chi connectivity index (χ4n) is 1.93. The van der Waals surface area contributed by atoms with Gasteiger partial charge in [0.25, 0.3) is 0 Å². The molecule has 2 rings (SSSR count). The van der Waals surface area contributed by atoms with Crippen molar-refractivity contribution < 1.29 is 9.53 Å². The number of carbonyl (C=O) groups excluding carboxylic acids is 1. The quantitative estimate of drug-likeness (QED) is 0.675. The van der Waals surface area contributed by atoms with Crippen LogP contribution < -0.4 is 5.73 Å². The van der Waals surface area contributed by atoms with Crippen LogP contribution in [0.3, 0.4) is 0 Å². The number of nitrogens with two attached hydrogens (primary N) is 1. The molecule has 1 aromatic heterocycles. The highest BCUT2D eigenvalue weighted by Crippen LogP contribution is 2.23. The van der Waals surface area contributed by atoms with Crippen LogP contribution in [0, 0.1) is 6.92 Å². The molecule has 7 heteroatoms. The van der Waals surface area contributed by atoms with Crippen LogP contribution >= 0.6 is 15.9 Å². The number of ether oxygens (including phenoxy) is 1. The molecule has 1 heterocycles. The van der Waals surface area contributed by atoms with E-state index in [1.54, 1.807) is 23.7 Å². The molecular weight excluding hydrogens is 336 g/mol. The first kappa shape index (κ1) is 15.5. The molecule has 0 atom stereocenters. The summed E-state index contributed by atoms with van der Waals surface area (Å²) >= 11 is 3.32. The molecule has 6 nitrogen and oxygen atoms in total. The molecular formula is C14H17BrN4O2. The first-order valence-corrected chi connectivity index (χ1v) is 7.30. The van der Waals surface area contributed by atoms with Gasteiger partial charge in [0, 0.05) is 16.2 Å². The maximum absolute atomic E-state index is 12.2. The predicted molar refractivity (Wildman–Crippen MR) is 82.8 cm³/mol. The maximum atomic E-state index is 12.2. The zero-order valence-corrected chi connectivity index (χ0v) is 13.7. The highest BCUT2D eigenvalue weighted by Gasteiger charge is 2.16. The average molecular weight is 353 g/mol. The molecule has 0 aliphatic heterocycles. The summed E-state index contributed by atoms with van der Waals surface area (Å²) in [5.74, 6) is 0.178. The van der Waals surface area contributed by atoms with Gasteiger partial charge in [-0.1, -0.05) is 15.9 Å². The van der Waals surface area contributed by atoms with Gasteiger partial charge in [0.2, 0.25) is 0 Å². The van der Waals surface area contributed by atoms with Crippen LogP contribution in [0.4, 0.5) is 5.69 Å². The molecule has 0 amide bonds. The summed E-state index contributed by atoms with van der Waals surface area (Å²) < 4.78 is 7.77. The summed E-state index contributed by atoms with van der Waals surface area (Å²) in [7, 11) is 0. The van der Waals surface area contributed by atoms with Gasteiger partial charge in [-0.3, -0.25) is 0 Å². The summed E-state index contributed by atoms with van der Waals surface area (Å²) in [5.41, 5.74) is 7.54. The molecule has 21 heavy (non-hydrogen) atoms. The Bertz CT molecular complexity index is 667. The number of carbonyl (C=O) groups is 1. The second-order valence-corrected chi connectivity index (χ2v) is 5.87. The fraction of sp³-hybridized carbons (Fsp3) is 0.357. The van der Waals surface area contributed by atoms with Crippen molar-refractivity contribution in [3.05, 3.63) is 39.9 Å². The van der Waals surface area contributed by atoms with Gasteiger partial charge in [-0.05, 0) is 38.5 Å². The van der Waals surface area contributed by atoms with Crippen LogP contribution in [0.15, 0.2) is 22.9 Å². The summed E-state index contributed by atoms with van der Waals surface area (Å²) in [6.45, 7) is 5.83. The second-order valence-electron chi connectivity index (χ2n) is 4.96. The Hall–Kier alpha value is -1.89. The third-order valence-electron chi connectivity index (χ3n) is 3.10. The van der Waals surface area contributed by atoms with E-state index < -0.39 is 5.97 Å². The third kappa shape index (κ3) is 3.41. The SMILES string of the molecule is Cc1c(N)cc(Br)cc1C(=O)OCc1ncnn1C(C)C. The van der Waals surface area contributed by atoms with Crippen molar-refractivity contribution in [2.45, 2.75) is 33.4 Å². The maximum Gasteiger partial charge on any atom is 0.338 e. The van der Waals surface area contributed by atoms with E-state index in [-0.39, 0.29) is 12.6 Å². The zero-order chi connectivity index (χ0) is 15.6. The Balaban J connectivity index is 2.14. The first-order valence-electron chi connectivity index (χ1n) is 6.51. The Morgan fingerprint density at radius 3 is 2.86 bits per heavy atom. The van der Waals surface area contributed by atoms with Crippen molar-refractivity contribution in [3.8, 4) is 0 Å². The lowest BCUT2D eigenvalue weighted by atomic mass is 10.1. The number of nitrogen functional groups attached to an aromatic ring is 1. The van der Waals surface area contributed by atoms with E-state index >= 15 is 0 Å². The molecule has 0 aliphatic carbocycles. The van der Waals surface area contributed by atoms with E-state index in [2.05, 4.69) is 26.0 Å². The molecule has 0 saturated carbocycles. The summed E-state index contributed by atoms with van der Waals surface area (Å²) in [6, 6.07) is 3.60. The molecule has 1 aromatic carbocycles. The highest BCUT2D eigenvalue weighted by molar-refractivity contribution is 9.10. The molecule has 112 valence electrons. The molecule has 0 aliphatic rings. The van der Waals surface area contributed by atoms with Crippen molar-refractivity contribution in [3.63, 3.8) is 0 Å². The Morgan fingerprint density at radius 2 is 2.19 bits per heavy atom. The van der Waals surface area contributed by atoms with Gasteiger partial charge in [0.15, 0.2) is 12.4 Å².